The van der Waals surface area contributed by atoms with Crippen LogP contribution in [0.4, 0.5) is 4.39 Å². The highest BCUT2D eigenvalue weighted by atomic mass is 19.1. The van der Waals surface area contributed by atoms with Gasteiger partial charge in [0.15, 0.2) is 5.82 Å². The first-order valence-corrected chi connectivity index (χ1v) is 10.1. The molecule has 6 aromatic rings. The Kier molecular flexibility index (Phi) is 4.32. The standard InChI is InChI=1S/C24H16FN7O/c1-33-15-9-13(8-14(25)10-15)21-23-18(5-7-27-21)29-24(30-23)22-16-11-19(17-4-2-3-6-26-17)28-12-20(16)31-32-22/h2-12H,1H3,(H,29,30)(H,31,32). The Morgan fingerprint density at radius 3 is 2.67 bits per heavy atom. The molecule has 1 aromatic carbocycles. The number of aromatic amines is 2. The van der Waals surface area contributed by atoms with E-state index < -0.39 is 5.82 Å². The smallest absolute Gasteiger partial charge is 0.159 e. The number of ether oxygens (including phenoxy) is 1. The lowest BCUT2D eigenvalue weighted by Crippen LogP contribution is -1.90. The van der Waals surface area contributed by atoms with Gasteiger partial charge in [0.1, 0.15) is 22.8 Å². The SMILES string of the molecule is COc1cc(F)cc(-c2nccc3[nH]c(-c4n[nH]c5cnc(-c6ccccn6)cc45)nc23)c1. The molecule has 5 heterocycles. The highest BCUT2D eigenvalue weighted by Crippen LogP contribution is 2.32. The lowest BCUT2D eigenvalue weighted by atomic mass is 10.1. The Bertz CT molecular complexity index is 1620. The quantitative estimate of drug-likeness (QED) is 0.411. The number of nitrogens with zero attached hydrogens (tertiary/aromatic N) is 5. The summed E-state index contributed by atoms with van der Waals surface area (Å²) in [7, 11) is 1.50. The molecule has 0 aliphatic rings. The van der Waals surface area contributed by atoms with E-state index in [2.05, 4.69) is 30.1 Å². The normalized spacial score (nSPS) is 11.3. The number of imidazole rings is 1. The number of nitrogens with one attached hydrogen (secondary N) is 2. The van der Waals surface area contributed by atoms with E-state index in [0.29, 0.717) is 34.0 Å². The topological polar surface area (TPSA) is 105 Å². The minimum Gasteiger partial charge on any atom is -0.497 e. The molecule has 5 aromatic heterocycles. The summed E-state index contributed by atoms with van der Waals surface area (Å²) in [5.74, 6) is 0.561. The first kappa shape index (κ1) is 19.1. The van der Waals surface area contributed by atoms with Crippen molar-refractivity contribution in [3.05, 3.63) is 72.9 Å². The Morgan fingerprint density at radius 2 is 1.82 bits per heavy atom. The number of hydrogen-bond donors (Lipinski definition) is 2. The molecule has 9 heteroatoms. The van der Waals surface area contributed by atoms with Gasteiger partial charge in [-0.25, -0.2) is 9.37 Å². The molecule has 0 amide bonds. The Labute approximate surface area is 186 Å². The van der Waals surface area contributed by atoms with Gasteiger partial charge < -0.3 is 9.72 Å². The third-order valence-electron chi connectivity index (χ3n) is 5.38. The lowest BCUT2D eigenvalue weighted by Gasteiger charge is -2.05. The fourth-order valence-electron chi connectivity index (χ4n) is 3.83. The second kappa shape index (κ2) is 7.49. The monoisotopic (exact) mass is 437 g/mol. The van der Waals surface area contributed by atoms with Crippen LogP contribution in [0.3, 0.4) is 0 Å². The summed E-state index contributed by atoms with van der Waals surface area (Å²) < 4.78 is 19.3. The second-order valence-corrected chi connectivity index (χ2v) is 7.42. The van der Waals surface area contributed by atoms with Crippen LogP contribution >= 0.6 is 0 Å². The number of pyridine rings is 3. The number of hydrogen-bond acceptors (Lipinski definition) is 6. The predicted molar refractivity (Wildman–Crippen MR) is 122 cm³/mol. The van der Waals surface area contributed by atoms with E-state index in [1.807, 2.05) is 30.3 Å². The maximum Gasteiger partial charge on any atom is 0.159 e. The largest absolute Gasteiger partial charge is 0.497 e. The molecular weight excluding hydrogens is 421 g/mol. The highest BCUT2D eigenvalue weighted by molar-refractivity contribution is 5.96. The van der Waals surface area contributed by atoms with Gasteiger partial charge >= 0.3 is 0 Å². The van der Waals surface area contributed by atoms with Crippen LogP contribution in [0.15, 0.2) is 67.1 Å². The number of H-pyrrole nitrogens is 2. The Hall–Kier alpha value is -4.66. The molecule has 0 aliphatic heterocycles. The van der Waals surface area contributed by atoms with Gasteiger partial charge in [0.25, 0.3) is 0 Å². The Balaban J connectivity index is 1.50. The second-order valence-electron chi connectivity index (χ2n) is 7.42. The average molecular weight is 437 g/mol. The fourth-order valence-corrected chi connectivity index (χ4v) is 3.83. The van der Waals surface area contributed by atoms with Crippen LogP contribution < -0.4 is 4.74 Å². The first-order chi connectivity index (χ1) is 16.2. The van der Waals surface area contributed by atoms with Crippen LogP contribution in [0, 0.1) is 5.82 Å². The molecule has 0 aliphatic carbocycles. The van der Waals surface area contributed by atoms with Crippen molar-refractivity contribution in [3.8, 4) is 39.9 Å². The van der Waals surface area contributed by atoms with Gasteiger partial charge in [-0.05, 0) is 36.4 Å². The molecule has 160 valence electrons. The van der Waals surface area contributed by atoms with E-state index in [1.165, 1.54) is 19.2 Å². The number of benzene rings is 1. The van der Waals surface area contributed by atoms with Crippen molar-refractivity contribution in [2.75, 3.05) is 7.11 Å². The zero-order valence-corrected chi connectivity index (χ0v) is 17.4. The molecule has 0 fully saturated rings. The van der Waals surface area contributed by atoms with Gasteiger partial charge in [-0.1, -0.05) is 6.07 Å². The molecule has 6 rings (SSSR count). The van der Waals surface area contributed by atoms with Crippen LogP contribution in [-0.4, -0.2) is 42.2 Å². The molecule has 0 saturated heterocycles. The summed E-state index contributed by atoms with van der Waals surface area (Å²) in [6.07, 6.45) is 5.11. The van der Waals surface area contributed by atoms with Crippen molar-refractivity contribution in [2.24, 2.45) is 0 Å². The van der Waals surface area contributed by atoms with Gasteiger partial charge in [-0.2, -0.15) is 5.10 Å². The van der Waals surface area contributed by atoms with Crippen molar-refractivity contribution in [2.45, 2.75) is 0 Å². The highest BCUT2D eigenvalue weighted by Gasteiger charge is 2.17. The summed E-state index contributed by atoms with van der Waals surface area (Å²) in [4.78, 5) is 21.4. The fraction of sp³-hybridized carbons (Fsp3) is 0.0417. The molecule has 33 heavy (non-hydrogen) atoms. The van der Waals surface area contributed by atoms with Gasteiger partial charge in [-0.15, -0.1) is 0 Å². The van der Waals surface area contributed by atoms with Crippen LogP contribution in [0.25, 0.3) is 56.1 Å². The van der Waals surface area contributed by atoms with Crippen molar-refractivity contribution >= 4 is 21.9 Å². The van der Waals surface area contributed by atoms with Gasteiger partial charge in [0.2, 0.25) is 0 Å². The van der Waals surface area contributed by atoms with Gasteiger partial charge in [-0.3, -0.25) is 20.1 Å². The summed E-state index contributed by atoms with van der Waals surface area (Å²) in [5.41, 5.74) is 5.40. The van der Waals surface area contributed by atoms with Crippen molar-refractivity contribution in [1.82, 2.24) is 35.1 Å². The van der Waals surface area contributed by atoms with E-state index in [-0.39, 0.29) is 0 Å². The number of fused-ring (bicyclic) bond motifs is 2. The predicted octanol–water partition coefficient (Wildman–Crippen LogP) is 4.77. The summed E-state index contributed by atoms with van der Waals surface area (Å²) in [6.45, 7) is 0. The molecule has 8 nitrogen and oxygen atoms in total. The summed E-state index contributed by atoms with van der Waals surface area (Å²) in [6, 6.07) is 13.9. The number of methoxy groups -OCH3 is 1. The van der Waals surface area contributed by atoms with E-state index in [0.717, 1.165) is 27.8 Å². The molecule has 0 atom stereocenters. The zero-order chi connectivity index (χ0) is 22.4. The maximum absolute atomic E-state index is 14.1. The van der Waals surface area contributed by atoms with Crippen LogP contribution in [-0.2, 0) is 0 Å². The van der Waals surface area contributed by atoms with Gasteiger partial charge in [0.05, 0.1) is 41.4 Å². The lowest BCUT2D eigenvalue weighted by molar-refractivity contribution is 0.411. The van der Waals surface area contributed by atoms with E-state index >= 15 is 0 Å². The molecule has 0 bridgehead atoms. The van der Waals surface area contributed by atoms with Crippen molar-refractivity contribution in [3.63, 3.8) is 0 Å². The van der Waals surface area contributed by atoms with E-state index in [1.54, 1.807) is 24.7 Å². The van der Waals surface area contributed by atoms with Crippen molar-refractivity contribution in [1.29, 1.82) is 0 Å². The molecule has 2 N–H and O–H groups in total. The summed E-state index contributed by atoms with van der Waals surface area (Å²) >= 11 is 0. The first-order valence-electron chi connectivity index (χ1n) is 10.1. The molecule has 0 saturated carbocycles. The van der Waals surface area contributed by atoms with E-state index in [4.69, 9.17) is 9.72 Å². The van der Waals surface area contributed by atoms with E-state index in [9.17, 15) is 4.39 Å². The van der Waals surface area contributed by atoms with Crippen LogP contribution in [0.5, 0.6) is 5.75 Å². The Morgan fingerprint density at radius 1 is 0.879 bits per heavy atom. The van der Waals surface area contributed by atoms with Crippen molar-refractivity contribution < 1.29 is 9.13 Å². The molecule has 0 unspecified atom stereocenters. The molecular formula is C24H16FN7O. The number of rotatable bonds is 4. The molecule has 0 radical (unpaired) electrons. The van der Waals surface area contributed by atoms with Gasteiger partial charge in [0, 0.05) is 29.4 Å². The maximum atomic E-state index is 14.1. The number of halogens is 1. The zero-order valence-electron chi connectivity index (χ0n) is 17.4. The molecule has 0 spiro atoms. The third kappa shape index (κ3) is 3.26. The van der Waals surface area contributed by atoms with Crippen LogP contribution in [0.1, 0.15) is 0 Å². The average Bonchev–Trinajstić information content (AvgIpc) is 3.47. The number of aromatic nitrogens is 7. The third-order valence-corrected chi connectivity index (χ3v) is 5.38. The van der Waals surface area contributed by atoms with Crippen LogP contribution in [0.2, 0.25) is 0 Å². The summed E-state index contributed by atoms with van der Waals surface area (Å²) in [5, 5.41) is 8.32. The minimum atomic E-state index is -0.410. The minimum absolute atomic E-state index is 0.410.